The Hall–Kier alpha value is -3.58. The highest BCUT2D eigenvalue weighted by molar-refractivity contribution is 7.17. The number of ether oxygens (including phenoxy) is 1. The fourth-order valence-corrected chi connectivity index (χ4v) is 8.47. The fourth-order valence-electron chi connectivity index (χ4n) is 7.29. The van der Waals surface area contributed by atoms with E-state index in [0.29, 0.717) is 57.4 Å². The van der Waals surface area contributed by atoms with Gasteiger partial charge < -0.3 is 25.4 Å². The maximum absolute atomic E-state index is 15.5. The normalized spacial score (nSPS) is 24.6. The van der Waals surface area contributed by atoms with Gasteiger partial charge in [-0.2, -0.15) is 0 Å². The van der Waals surface area contributed by atoms with Gasteiger partial charge in [0.25, 0.3) is 5.91 Å². The number of halogens is 2. The van der Waals surface area contributed by atoms with Gasteiger partial charge in [0.05, 0.1) is 47.4 Å². The molecule has 0 unspecified atom stereocenters. The lowest BCUT2D eigenvalue weighted by Crippen LogP contribution is -2.42. The number of aliphatic carboxylic acids is 1. The average Bonchev–Trinajstić information content (AvgIpc) is 3.81. The van der Waals surface area contributed by atoms with Gasteiger partial charge in [-0.3, -0.25) is 24.1 Å². The van der Waals surface area contributed by atoms with E-state index in [1.165, 1.54) is 24.3 Å². The average molecular weight is 699 g/mol. The molecule has 0 radical (unpaired) electrons. The number of rotatable bonds is 10. The Morgan fingerprint density at radius 3 is 2.60 bits per heavy atom. The largest absolute Gasteiger partial charge is 0.481 e. The van der Waals surface area contributed by atoms with Crippen molar-refractivity contribution in [2.45, 2.75) is 76.1 Å². The number of anilines is 1. The molecule has 3 N–H and O–H groups in total. The van der Waals surface area contributed by atoms with Crippen LogP contribution >= 0.6 is 22.9 Å². The number of hydrogen-bond donors (Lipinski definition) is 3. The lowest BCUT2D eigenvalue weighted by molar-refractivity contribution is -0.144. The smallest absolute Gasteiger partial charge is 0.306 e. The molecule has 3 aliphatic rings. The molecular formula is C35H40ClFN4O6S. The maximum Gasteiger partial charge on any atom is 0.306 e. The fraction of sp³-hybridized carbons (Fsp3) is 0.486. The maximum atomic E-state index is 15.5. The van der Waals surface area contributed by atoms with Gasteiger partial charge in [-0.25, -0.2) is 4.39 Å². The summed E-state index contributed by atoms with van der Waals surface area (Å²) in [6.07, 6.45) is 3.65. The first-order chi connectivity index (χ1) is 23.0. The number of hydrogen-bond acceptors (Lipinski definition) is 7. The lowest BCUT2D eigenvalue weighted by atomic mass is 9.87. The lowest BCUT2D eigenvalue weighted by Gasteiger charge is -2.30. The third kappa shape index (κ3) is 7.83. The first-order valence-electron chi connectivity index (χ1n) is 16.5. The Bertz CT molecular complexity index is 1690. The third-order valence-electron chi connectivity index (χ3n) is 9.86. The van der Waals surface area contributed by atoms with Crippen LogP contribution in [0.25, 0.3) is 10.1 Å². The number of carbonyl (C=O) groups excluding carboxylic acids is 3. The summed E-state index contributed by atoms with van der Waals surface area (Å²) in [5.41, 5.74) is 0.726. The van der Waals surface area contributed by atoms with Crippen molar-refractivity contribution in [1.82, 2.24) is 15.1 Å². The predicted octanol–water partition coefficient (Wildman–Crippen LogP) is 5.33. The zero-order valence-corrected chi connectivity index (χ0v) is 28.3. The molecule has 48 heavy (non-hydrogen) atoms. The number of carboxylic acids is 1. The molecule has 3 atom stereocenters. The van der Waals surface area contributed by atoms with E-state index in [1.54, 1.807) is 10.3 Å². The first-order valence-corrected chi connectivity index (χ1v) is 17.7. The molecule has 6 rings (SSSR count). The zero-order valence-electron chi connectivity index (χ0n) is 26.8. The molecule has 2 aliphatic heterocycles. The summed E-state index contributed by atoms with van der Waals surface area (Å²) in [5.74, 6) is -2.49. The first kappa shape index (κ1) is 34.3. The van der Waals surface area contributed by atoms with Gasteiger partial charge >= 0.3 is 5.97 Å². The van der Waals surface area contributed by atoms with Crippen LogP contribution < -0.4 is 10.6 Å². The van der Waals surface area contributed by atoms with E-state index >= 15 is 4.39 Å². The van der Waals surface area contributed by atoms with Gasteiger partial charge in [0.15, 0.2) is 0 Å². The number of carboxylic acid groups (broad SMARTS) is 1. The molecule has 3 aromatic rings. The minimum atomic E-state index is -0.772. The van der Waals surface area contributed by atoms with Crippen molar-refractivity contribution in [3.63, 3.8) is 0 Å². The summed E-state index contributed by atoms with van der Waals surface area (Å²) in [7, 11) is 0. The molecule has 3 heterocycles. The second-order valence-electron chi connectivity index (χ2n) is 13.1. The monoisotopic (exact) mass is 698 g/mol. The number of likely N-dealkylation sites (tertiary alicyclic amines) is 2. The molecule has 2 aromatic carbocycles. The van der Waals surface area contributed by atoms with Crippen LogP contribution in [0.1, 0.15) is 61.4 Å². The minimum Gasteiger partial charge on any atom is -0.481 e. The summed E-state index contributed by atoms with van der Waals surface area (Å²) >= 11 is 7.97. The standard InChI is InChI=1S/C35H40ClFN4O6S/c1-20(42)38-23-10-11-40(16-23)24-14-25(18-47-26-8-6-21(7-9-26)35(45)46)41(17-24)33(43)13-22-12-29(36)31(15-30(22)37)39-34(44)28-19-48-32-5-3-2-4-27(28)32/h2-5,12,15,19,21,23-26H,6-11,13-14,16-18H2,1H3,(H,38,42)(H,39,44)(H,45,46)/t21?,23-,24-,25-,26?/m0/s1. The molecular weight excluding hydrogens is 659 g/mol. The second kappa shape index (κ2) is 14.9. The SMILES string of the molecule is CC(=O)N[C@H]1CCN([C@H]2C[C@@H](COC3CCC(C(=O)O)CC3)N(C(=O)Cc3cc(Cl)c(NC(=O)c4csc5ccccc45)cc3F)C2)C1. The number of amides is 3. The van der Waals surface area contributed by atoms with Gasteiger partial charge in [-0.1, -0.05) is 29.8 Å². The van der Waals surface area contributed by atoms with Gasteiger partial charge in [-0.05, 0) is 62.3 Å². The van der Waals surface area contributed by atoms with Crippen LogP contribution in [-0.4, -0.2) is 89.1 Å². The van der Waals surface area contributed by atoms with Crippen LogP contribution in [0.4, 0.5) is 10.1 Å². The molecule has 13 heteroatoms. The van der Waals surface area contributed by atoms with Crippen molar-refractivity contribution in [2.24, 2.45) is 5.92 Å². The Morgan fingerprint density at radius 1 is 1.08 bits per heavy atom. The van der Waals surface area contributed by atoms with Crippen molar-refractivity contribution in [3.05, 3.63) is 63.7 Å². The molecule has 256 valence electrons. The molecule has 10 nitrogen and oxygen atoms in total. The van der Waals surface area contributed by atoms with Crippen molar-refractivity contribution < 1.29 is 33.4 Å². The van der Waals surface area contributed by atoms with Crippen LogP contribution in [-0.2, 0) is 25.5 Å². The van der Waals surface area contributed by atoms with E-state index in [0.717, 1.165) is 29.1 Å². The number of thiophene rings is 1. The van der Waals surface area contributed by atoms with Crippen LogP contribution in [0, 0.1) is 11.7 Å². The van der Waals surface area contributed by atoms with Crippen LogP contribution in [0.3, 0.4) is 0 Å². The van der Waals surface area contributed by atoms with Gasteiger partial charge in [0, 0.05) is 54.1 Å². The summed E-state index contributed by atoms with van der Waals surface area (Å²) in [4.78, 5) is 53.9. The summed E-state index contributed by atoms with van der Waals surface area (Å²) in [5, 5.41) is 17.7. The van der Waals surface area contributed by atoms with E-state index in [2.05, 4.69) is 15.5 Å². The molecule has 3 amide bonds. The minimum absolute atomic E-state index is 0.0556. The molecule has 0 spiro atoms. The highest BCUT2D eigenvalue weighted by Gasteiger charge is 2.41. The number of nitrogens with one attached hydrogen (secondary N) is 2. The number of benzene rings is 2. The molecule has 3 fully saturated rings. The molecule has 1 aliphatic carbocycles. The summed E-state index contributed by atoms with van der Waals surface area (Å²) in [6, 6.07) is 9.96. The molecule has 0 bridgehead atoms. The zero-order chi connectivity index (χ0) is 33.9. The Kier molecular flexibility index (Phi) is 10.6. The van der Waals surface area contributed by atoms with E-state index in [1.807, 2.05) is 24.3 Å². The van der Waals surface area contributed by atoms with E-state index < -0.39 is 17.7 Å². The van der Waals surface area contributed by atoms with E-state index in [9.17, 15) is 24.3 Å². The Labute approximate surface area is 287 Å². The Balaban J connectivity index is 1.13. The molecule has 2 saturated heterocycles. The van der Waals surface area contributed by atoms with Crippen molar-refractivity contribution in [2.75, 3.05) is 31.6 Å². The summed E-state index contributed by atoms with van der Waals surface area (Å²) in [6.45, 7) is 3.75. The predicted molar refractivity (Wildman–Crippen MR) is 182 cm³/mol. The van der Waals surface area contributed by atoms with Crippen molar-refractivity contribution >= 4 is 62.4 Å². The van der Waals surface area contributed by atoms with E-state index in [-0.39, 0.29) is 64.7 Å². The van der Waals surface area contributed by atoms with Crippen LogP contribution in [0.2, 0.25) is 5.02 Å². The van der Waals surface area contributed by atoms with E-state index in [4.69, 9.17) is 16.3 Å². The van der Waals surface area contributed by atoms with Gasteiger partial charge in [0.1, 0.15) is 5.82 Å². The number of fused-ring (bicyclic) bond motifs is 1. The highest BCUT2D eigenvalue weighted by Crippen LogP contribution is 2.32. The quantitative estimate of drug-likeness (QED) is 0.261. The van der Waals surface area contributed by atoms with Crippen LogP contribution in [0.5, 0.6) is 0 Å². The summed E-state index contributed by atoms with van der Waals surface area (Å²) < 4.78 is 22.7. The van der Waals surface area contributed by atoms with Crippen molar-refractivity contribution in [3.8, 4) is 0 Å². The second-order valence-corrected chi connectivity index (χ2v) is 14.4. The van der Waals surface area contributed by atoms with Gasteiger partial charge in [0.2, 0.25) is 11.8 Å². The third-order valence-corrected chi connectivity index (χ3v) is 11.1. The number of carbonyl (C=O) groups is 4. The highest BCUT2D eigenvalue weighted by atomic mass is 35.5. The van der Waals surface area contributed by atoms with Gasteiger partial charge in [-0.15, -0.1) is 11.3 Å². The van der Waals surface area contributed by atoms with Crippen molar-refractivity contribution in [1.29, 1.82) is 0 Å². The Morgan fingerprint density at radius 2 is 1.85 bits per heavy atom. The molecule has 1 aromatic heterocycles. The van der Waals surface area contributed by atoms with Crippen LogP contribution in [0.15, 0.2) is 41.8 Å². The number of nitrogens with zero attached hydrogens (tertiary/aromatic N) is 2. The molecule has 1 saturated carbocycles. The topological polar surface area (TPSA) is 128 Å².